The minimum atomic E-state index is -0.546. The molecule has 0 aliphatic heterocycles. The minimum Gasteiger partial charge on any atom is -0.475 e. The molecule has 15 heavy (non-hydrogen) atoms. The second-order valence-electron chi connectivity index (χ2n) is 3.07. The van der Waals surface area contributed by atoms with Crippen LogP contribution in [0.25, 0.3) is 0 Å². The fourth-order valence-corrected chi connectivity index (χ4v) is 1.29. The summed E-state index contributed by atoms with van der Waals surface area (Å²) in [7, 11) is 0. The highest BCUT2D eigenvalue weighted by Crippen LogP contribution is 2.19. The number of ether oxygens (including phenoxy) is 1. The molecule has 0 saturated carbocycles. The number of hydrogen-bond donors (Lipinski definition) is 0. The van der Waals surface area contributed by atoms with Gasteiger partial charge in [0.15, 0.2) is 6.10 Å². The van der Waals surface area contributed by atoms with E-state index in [0.717, 1.165) is 0 Å². The Labute approximate surface area is 93.2 Å². The average Bonchev–Trinajstić information content (AvgIpc) is 2.25. The van der Waals surface area contributed by atoms with Crippen molar-refractivity contribution in [1.29, 1.82) is 5.26 Å². The summed E-state index contributed by atoms with van der Waals surface area (Å²) in [6.07, 6.45) is 0.0124. The fraction of sp³-hybridized carbons (Fsp3) is 0.364. The van der Waals surface area contributed by atoms with Crippen molar-refractivity contribution in [1.82, 2.24) is 0 Å². The fourth-order valence-electron chi connectivity index (χ4n) is 1.13. The first kappa shape index (κ1) is 11.8. The van der Waals surface area contributed by atoms with Gasteiger partial charge < -0.3 is 4.74 Å². The zero-order valence-corrected chi connectivity index (χ0v) is 9.09. The van der Waals surface area contributed by atoms with Crippen molar-refractivity contribution in [3.63, 3.8) is 0 Å². The van der Waals surface area contributed by atoms with Gasteiger partial charge in [-0.05, 0) is 24.1 Å². The van der Waals surface area contributed by atoms with Gasteiger partial charge in [0.2, 0.25) is 0 Å². The second-order valence-corrected chi connectivity index (χ2v) is 3.34. The van der Waals surface area contributed by atoms with E-state index in [9.17, 15) is 4.39 Å². The summed E-state index contributed by atoms with van der Waals surface area (Å²) < 4.78 is 18.3. The molecule has 0 radical (unpaired) electrons. The number of hydrogen-bond acceptors (Lipinski definition) is 2. The molecule has 1 atom stereocenters. The normalized spacial score (nSPS) is 11.9. The van der Waals surface area contributed by atoms with Gasteiger partial charge in [-0.1, -0.05) is 6.92 Å². The van der Waals surface area contributed by atoms with Crippen LogP contribution < -0.4 is 4.74 Å². The molecule has 80 valence electrons. The van der Waals surface area contributed by atoms with Gasteiger partial charge in [0.25, 0.3) is 0 Å². The van der Waals surface area contributed by atoms with Crippen LogP contribution in [0.2, 0.25) is 0 Å². The molecular formula is C11H11ClFNO. The van der Waals surface area contributed by atoms with E-state index in [0.29, 0.717) is 17.7 Å². The molecule has 0 spiro atoms. The SMILES string of the molecule is CCC(C#N)Oc1cc(F)cc(CCl)c1. The zero-order chi connectivity index (χ0) is 11.3. The third kappa shape index (κ3) is 3.41. The first-order valence-corrected chi connectivity index (χ1v) is 5.14. The van der Waals surface area contributed by atoms with Crippen molar-refractivity contribution < 1.29 is 9.13 Å². The summed E-state index contributed by atoms with van der Waals surface area (Å²) in [6.45, 7) is 1.83. The Morgan fingerprint density at radius 2 is 2.27 bits per heavy atom. The van der Waals surface area contributed by atoms with Crippen molar-refractivity contribution in [2.45, 2.75) is 25.3 Å². The summed E-state index contributed by atoms with van der Waals surface area (Å²) in [4.78, 5) is 0. The molecule has 0 N–H and O–H groups in total. The summed E-state index contributed by atoms with van der Waals surface area (Å²) in [5.41, 5.74) is 0.638. The van der Waals surface area contributed by atoms with E-state index < -0.39 is 11.9 Å². The maximum absolute atomic E-state index is 13.1. The van der Waals surface area contributed by atoms with Gasteiger partial charge in [-0.25, -0.2) is 4.39 Å². The smallest absolute Gasteiger partial charge is 0.184 e. The summed E-state index contributed by atoms with van der Waals surface area (Å²) in [5, 5.41) is 8.69. The Morgan fingerprint density at radius 1 is 1.53 bits per heavy atom. The Kier molecular flexibility index (Phi) is 4.38. The highest BCUT2D eigenvalue weighted by atomic mass is 35.5. The third-order valence-electron chi connectivity index (χ3n) is 1.88. The molecule has 0 aliphatic rings. The first-order valence-electron chi connectivity index (χ1n) is 4.61. The molecule has 4 heteroatoms. The summed E-state index contributed by atoms with van der Waals surface area (Å²) in [6, 6.07) is 6.20. The molecule has 2 nitrogen and oxygen atoms in total. The van der Waals surface area contributed by atoms with E-state index in [1.807, 2.05) is 13.0 Å². The lowest BCUT2D eigenvalue weighted by molar-refractivity contribution is 0.250. The number of rotatable bonds is 4. The van der Waals surface area contributed by atoms with Gasteiger partial charge in [-0.3, -0.25) is 0 Å². The van der Waals surface area contributed by atoms with E-state index in [1.165, 1.54) is 12.1 Å². The van der Waals surface area contributed by atoms with Gasteiger partial charge in [0.05, 0.1) is 0 Å². The number of halogens is 2. The standard InChI is InChI=1S/C11H11ClFNO/c1-2-10(7-14)15-11-4-8(6-12)3-9(13)5-11/h3-5,10H,2,6H2,1H3. The van der Waals surface area contributed by atoms with E-state index in [-0.39, 0.29) is 5.88 Å². The third-order valence-corrected chi connectivity index (χ3v) is 2.19. The average molecular weight is 228 g/mol. The van der Waals surface area contributed by atoms with Crippen LogP contribution in [0.15, 0.2) is 18.2 Å². The van der Waals surface area contributed by atoms with Gasteiger partial charge in [-0.15, -0.1) is 11.6 Å². The molecule has 1 unspecified atom stereocenters. The summed E-state index contributed by atoms with van der Waals surface area (Å²) in [5.74, 6) is 0.160. The maximum atomic E-state index is 13.1. The maximum Gasteiger partial charge on any atom is 0.184 e. The van der Waals surface area contributed by atoms with Crippen LogP contribution >= 0.6 is 11.6 Å². The van der Waals surface area contributed by atoms with Crippen molar-refractivity contribution in [2.24, 2.45) is 0 Å². The highest BCUT2D eigenvalue weighted by molar-refractivity contribution is 6.17. The van der Waals surface area contributed by atoms with E-state index >= 15 is 0 Å². The number of nitrogens with zero attached hydrogens (tertiary/aromatic N) is 1. The lowest BCUT2D eigenvalue weighted by Gasteiger charge is -2.11. The van der Waals surface area contributed by atoms with Crippen LogP contribution in [0.1, 0.15) is 18.9 Å². The van der Waals surface area contributed by atoms with Crippen molar-refractivity contribution in [2.75, 3.05) is 0 Å². The van der Waals surface area contributed by atoms with Gasteiger partial charge in [0, 0.05) is 11.9 Å². The Bertz CT molecular complexity index is 375. The minimum absolute atomic E-state index is 0.220. The molecule has 0 amide bonds. The molecule has 0 fully saturated rings. The van der Waals surface area contributed by atoms with E-state index in [2.05, 4.69) is 0 Å². The van der Waals surface area contributed by atoms with Crippen LogP contribution in [0.5, 0.6) is 5.75 Å². The molecular weight excluding hydrogens is 217 g/mol. The predicted octanol–water partition coefficient (Wildman–Crippen LogP) is 3.25. The van der Waals surface area contributed by atoms with Gasteiger partial charge >= 0.3 is 0 Å². The lowest BCUT2D eigenvalue weighted by atomic mass is 10.2. The van der Waals surface area contributed by atoms with Crippen LogP contribution in [0.4, 0.5) is 4.39 Å². The monoisotopic (exact) mass is 227 g/mol. The zero-order valence-electron chi connectivity index (χ0n) is 8.34. The Morgan fingerprint density at radius 3 is 2.80 bits per heavy atom. The van der Waals surface area contributed by atoms with Crippen LogP contribution in [-0.2, 0) is 5.88 Å². The Hall–Kier alpha value is -1.27. The van der Waals surface area contributed by atoms with Crippen LogP contribution in [0.3, 0.4) is 0 Å². The second kappa shape index (κ2) is 5.57. The quantitative estimate of drug-likeness (QED) is 0.740. The molecule has 0 aromatic heterocycles. The van der Waals surface area contributed by atoms with Crippen LogP contribution in [-0.4, -0.2) is 6.10 Å². The molecule has 1 aromatic carbocycles. The molecule has 1 aromatic rings. The van der Waals surface area contributed by atoms with Gasteiger partial charge in [0.1, 0.15) is 17.6 Å². The number of nitriles is 1. The first-order chi connectivity index (χ1) is 7.19. The molecule has 0 bridgehead atoms. The number of alkyl halides is 1. The van der Waals surface area contributed by atoms with Crippen molar-refractivity contribution in [3.8, 4) is 11.8 Å². The molecule has 0 saturated heterocycles. The molecule has 0 heterocycles. The lowest BCUT2D eigenvalue weighted by Crippen LogP contribution is -2.12. The van der Waals surface area contributed by atoms with E-state index in [1.54, 1.807) is 6.07 Å². The van der Waals surface area contributed by atoms with Crippen molar-refractivity contribution in [3.05, 3.63) is 29.6 Å². The van der Waals surface area contributed by atoms with E-state index in [4.69, 9.17) is 21.6 Å². The molecule has 0 aliphatic carbocycles. The molecule has 1 rings (SSSR count). The highest BCUT2D eigenvalue weighted by Gasteiger charge is 2.07. The topological polar surface area (TPSA) is 33.0 Å². The summed E-state index contributed by atoms with van der Waals surface area (Å²) >= 11 is 5.59. The van der Waals surface area contributed by atoms with Crippen LogP contribution in [0, 0.1) is 17.1 Å². The van der Waals surface area contributed by atoms with Crippen molar-refractivity contribution >= 4 is 11.6 Å². The predicted molar refractivity (Wildman–Crippen MR) is 56.3 cm³/mol. The largest absolute Gasteiger partial charge is 0.475 e. The van der Waals surface area contributed by atoms with Gasteiger partial charge in [-0.2, -0.15) is 5.26 Å². The number of benzene rings is 1. The Balaban J connectivity index is 2.85.